The van der Waals surface area contributed by atoms with E-state index >= 15 is 0 Å². The Morgan fingerprint density at radius 2 is 2.00 bits per heavy atom. The maximum Gasteiger partial charge on any atom is 0.331 e. The molecule has 0 atom stereocenters. The maximum atomic E-state index is 10.7. The predicted molar refractivity (Wildman–Crippen MR) is 51.5 cm³/mol. The second-order valence-electron chi connectivity index (χ2n) is 2.78. The summed E-state index contributed by atoms with van der Waals surface area (Å²) in [5.74, 6) is -0.841. The van der Waals surface area contributed by atoms with Crippen molar-refractivity contribution in [3.8, 4) is 0 Å². The van der Waals surface area contributed by atoms with Crippen molar-refractivity contribution in [1.29, 1.82) is 0 Å². The molecular weight excluding hydrogens is 164 g/mol. The summed E-state index contributed by atoms with van der Waals surface area (Å²) in [6.07, 6.45) is 2.13. The molecule has 0 aliphatic rings. The van der Waals surface area contributed by atoms with Crippen molar-refractivity contribution in [1.82, 2.24) is 0 Å². The van der Waals surface area contributed by atoms with Crippen LogP contribution in [0.4, 0.5) is 0 Å². The smallest absolute Gasteiger partial charge is 0.331 e. The first kappa shape index (κ1) is 9.52. The number of carbonyl (C=O) groups is 1. The number of allylic oxidation sites excluding steroid dienone is 1. The first-order valence-electron chi connectivity index (χ1n) is 4.16. The van der Waals surface area contributed by atoms with E-state index in [2.05, 4.69) is 0 Å². The van der Waals surface area contributed by atoms with Crippen molar-refractivity contribution in [2.75, 3.05) is 0 Å². The summed E-state index contributed by atoms with van der Waals surface area (Å²) in [6, 6.07) is 9.58. The molecule has 0 aromatic heterocycles. The van der Waals surface area contributed by atoms with E-state index in [0.29, 0.717) is 12.0 Å². The van der Waals surface area contributed by atoms with Crippen LogP contribution in [0.15, 0.2) is 42.0 Å². The minimum atomic E-state index is -0.841. The first-order valence-corrected chi connectivity index (χ1v) is 4.16. The zero-order valence-electron chi connectivity index (χ0n) is 7.53. The molecule has 0 bridgehead atoms. The molecule has 0 heterocycles. The van der Waals surface area contributed by atoms with Crippen LogP contribution in [-0.2, 0) is 11.2 Å². The molecule has 68 valence electrons. The van der Waals surface area contributed by atoms with E-state index in [1.807, 2.05) is 30.3 Å². The van der Waals surface area contributed by atoms with Crippen LogP contribution in [-0.4, -0.2) is 11.1 Å². The minimum Gasteiger partial charge on any atom is -0.478 e. The second kappa shape index (κ2) is 4.45. The van der Waals surface area contributed by atoms with Crippen molar-refractivity contribution < 1.29 is 9.90 Å². The number of hydrogen-bond acceptors (Lipinski definition) is 1. The lowest BCUT2D eigenvalue weighted by Crippen LogP contribution is -2.03. The number of benzene rings is 1. The van der Waals surface area contributed by atoms with E-state index in [9.17, 15) is 4.79 Å². The van der Waals surface area contributed by atoms with Crippen LogP contribution in [0.2, 0.25) is 0 Å². The Bertz CT molecular complexity index is 312. The van der Waals surface area contributed by atoms with E-state index in [-0.39, 0.29) is 0 Å². The molecule has 1 N–H and O–H groups in total. The maximum absolute atomic E-state index is 10.7. The Kier molecular flexibility index (Phi) is 3.26. The molecule has 0 saturated carbocycles. The summed E-state index contributed by atoms with van der Waals surface area (Å²) in [6.45, 7) is 1.74. The van der Waals surface area contributed by atoms with Crippen LogP contribution >= 0.6 is 0 Å². The van der Waals surface area contributed by atoms with Crippen molar-refractivity contribution in [3.05, 3.63) is 47.5 Å². The highest BCUT2D eigenvalue weighted by molar-refractivity contribution is 5.86. The average Bonchev–Trinajstić information content (AvgIpc) is 2.15. The summed E-state index contributed by atoms with van der Waals surface area (Å²) >= 11 is 0. The lowest BCUT2D eigenvalue weighted by Gasteiger charge is -2.00. The molecule has 0 fully saturated rings. The number of carboxylic acid groups (broad SMARTS) is 1. The van der Waals surface area contributed by atoms with Gasteiger partial charge in [-0.15, -0.1) is 0 Å². The van der Waals surface area contributed by atoms with Crippen molar-refractivity contribution in [2.24, 2.45) is 0 Å². The topological polar surface area (TPSA) is 37.3 Å². The molecule has 0 spiro atoms. The molecule has 0 saturated heterocycles. The lowest BCUT2D eigenvalue weighted by molar-refractivity contribution is -0.132. The molecule has 0 amide bonds. The van der Waals surface area contributed by atoms with E-state index in [1.54, 1.807) is 13.0 Å². The standard InChI is InChI=1S/C11H12O2/c1-2-10(11(12)13)8-9-6-4-3-5-7-9/h2-7H,8H2,1H3,(H,12,13)/b10-2+. The minimum absolute atomic E-state index is 0.436. The number of carboxylic acids is 1. The Morgan fingerprint density at radius 3 is 2.46 bits per heavy atom. The van der Waals surface area contributed by atoms with Crippen LogP contribution in [0.25, 0.3) is 0 Å². The SMILES string of the molecule is C/C=C(\Cc1ccccc1)C(=O)O. The third-order valence-corrected chi connectivity index (χ3v) is 1.86. The highest BCUT2D eigenvalue weighted by Gasteiger charge is 2.05. The van der Waals surface area contributed by atoms with Gasteiger partial charge in [0.05, 0.1) is 0 Å². The first-order chi connectivity index (χ1) is 6.24. The van der Waals surface area contributed by atoms with Gasteiger partial charge in [-0.05, 0) is 12.5 Å². The Labute approximate surface area is 77.5 Å². The fraction of sp³-hybridized carbons (Fsp3) is 0.182. The van der Waals surface area contributed by atoms with Gasteiger partial charge in [-0.1, -0.05) is 36.4 Å². The fourth-order valence-corrected chi connectivity index (χ4v) is 1.12. The van der Waals surface area contributed by atoms with Crippen molar-refractivity contribution >= 4 is 5.97 Å². The van der Waals surface area contributed by atoms with Crippen LogP contribution in [0.3, 0.4) is 0 Å². The molecule has 0 radical (unpaired) electrons. The number of aliphatic carboxylic acids is 1. The van der Waals surface area contributed by atoms with Gasteiger partial charge in [-0.25, -0.2) is 4.79 Å². The molecule has 1 rings (SSSR count). The predicted octanol–water partition coefficient (Wildman–Crippen LogP) is 2.26. The summed E-state index contributed by atoms with van der Waals surface area (Å²) in [5, 5.41) is 8.77. The number of hydrogen-bond donors (Lipinski definition) is 1. The highest BCUT2D eigenvalue weighted by atomic mass is 16.4. The summed E-state index contributed by atoms with van der Waals surface area (Å²) in [7, 11) is 0. The molecule has 0 aliphatic carbocycles. The summed E-state index contributed by atoms with van der Waals surface area (Å²) in [5.41, 5.74) is 1.46. The Hall–Kier alpha value is -1.57. The van der Waals surface area contributed by atoms with Crippen molar-refractivity contribution in [3.63, 3.8) is 0 Å². The van der Waals surface area contributed by atoms with Gasteiger partial charge in [-0.2, -0.15) is 0 Å². The largest absolute Gasteiger partial charge is 0.478 e. The van der Waals surface area contributed by atoms with Gasteiger partial charge in [-0.3, -0.25) is 0 Å². The van der Waals surface area contributed by atoms with Crippen LogP contribution < -0.4 is 0 Å². The lowest BCUT2D eigenvalue weighted by atomic mass is 10.1. The summed E-state index contributed by atoms with van der Waals surface area (Å²) < 4.78 is 0. The zero-order valence-corrected chi connectivity index (χ0v) is 7.53. The monoisotopic (exact) mass is 176 g/mol. The molecule has 0 aliphatic heterocycles. The quantitative estimate of drug-likeness (QED) is 0.717. The highest BCUT2D eigenvalue weighted by Crippen LogP contribution is 2.07. The fourth-order valence-electron chi connectivity index (χ4n) is 1.12. The van der Waals surface area contributed by atoms with Gasteiger partial charge in [0.25, 0.3) is 0 Å². The zero-order chi connectivity index (χ0) is 9.68. The average molecular weight is 176 g/mol. The molecular formula is C11H12O2. The van der Waals surface area contributed by atoms with Gasteiger partial charge < -0.3 is 5.11 Å². The van der Waals surface area contributed by atoms with Crippen LogP contribution in [0.5, 0.6) is 0 Å². The third-order valence-electron chi connectivity index (χ3n) is 1.86. The van der Waals surface area contributed by atoms with Gasteiger partial charge in [0.2, 0.25) is 0 Å². The van der Waals surface area contributed by atoms with E-state index in [4.69, 9.17) is 5.11 Å². The van der Waals surface area contributed by atoms with E-state index < -0.39 is 5.97 Å². The van der Waals surface area contributed by atoms with Crippen LogP contribution in [0, 0.1) is 0 Å². The van der Waals surface area contributed by atoms with Gasteiger partial charge in [0.15, 0.2) is 0 Å². The molecule has 1 aromatic rings. The van der Waals surface area contributed by atoms with Crippen molar-refractivity contribution in [2.45, 2.75) is 13.3 Å². The molecule has 2 nitrogen and oxygen atoms in total. The van der Waals surface area contributed by atoms with Gasteiger partial charge in [0, 0.05) is 12.0 Å². The van der Waals surface area contributed by atoms with E-state index in [0.717, 1.165) is 5.56 Å². The normalized spacial score (nSPS) is 11.3. The molecule has 0 unspecified atom stereocenters. The van der Waals surface area contributed by atoms with E-state index in [1.165, 1.54) is 0 Å². The number of rotatable bonds is 3. The van der Waals surface area contributed by atoms with Crippen LogP contribution in [0.1, 0.15) is 12.5 Å². The molecule has 13 heavy (non-hydrogen) atoms. The third kappa shape index (κ3) is 2.75. The van der Waals surface area contributed by atoms with Gasteiger partial charge >= 0.3 is 5.97 Å². The van der Waals surface area contributed by atoms with Gasteiger partial charge in [0.1, 0.15) is 0 Å². The Morgan fingerprint density at radius 1 is 1.38 bits per heavy atom. The summed E-state index contributed by atoms with van der Waals surface area (Å²) in [4.78, 5) is 10.7. The Balaban J connectivity index is 2.74. The second-order valence-corrected chi connectivity index (χ2v) is 2.78. The molecule has 1 aromatic carbocycles. The molecule has 2 heteroatoms.